The number of nitrogens with one attached hydrogen (secondary N) is 1. The largest absolute Gasteiger partial charge is 0.371 e. The first-order chi connectivity index (χ1) is 16.7. The van der Waals surface area contributed by atoms with Crippen LogP contribution in [0.2, 0.25) is 0 Å². The summed E-state index contributed by atoms with van der Waals surface area (Å²) in [5.74, 6) is -1.15. The lowest BCUT2D eigenvalue weighted by atomic mass is 10.0. The molecule has 1 N–H and O–H groups in total. The van der Waals surface area contributed by atoms with Gasteiger partial charge in [-0.3, -0.25) is 14.2 Å². The second-order valence-electron chi connectivity index (χ2n) is 8.97. The van der Waals surface area contributed by atoms with Gasteiger partial charge in [-0.1, -0.05) is 18.2 Å². The van der Waals surface area contributed by atoms with Crippen molar-refractivity contribution in [3.63, 3.8) is 0 Å². The molecule has 2 unspecified atom stereocenters. The van der Waals surface area contributed by atoms with Gasteiger partial charge in [0.05, 0.1) is 29.2 Å². The summed E-state index contributed by atoms with van der Waals surface area (Å²) in [5, 5.41) is 3.41. The van der Waals surface area contributed by atoms with Gasteiger partial charge in [-0.25, -0.2) is 23.1 Å². The molecule has 2 fully saturated rings. The SMILES string of the molecule is C[C@@H](Nc1ncnc2c1cc(C(=O)N1CC3CCC(C1)O3)c(=O)n2C)c1cccc(C(F)F)c1F. The van der Waals surface area contributed by atoms with E-state index in [0.29, 0.717) is 18.5 Å². The number of fused-ring (bicyclic) bond motifs is 3. The van der Waals surface area contributed by atoms with Gasteiger partial charge in [-0.2, -0.15) is 0 Å². The van der Waals surface area contributed by atoms with E-state index in [0.717, 1.165) is 18.9 Å². The van der Waals surface area contributed by atoms with Gasteiger partial charge in [0, 0.05) is 25.7 Å². The maximum Gasteiger partial charge on any atom is 0.266 e. The van der Waals surface area contributed by atoms with E-state index in [9.17, 15) is 22.8 Å². The normalized spacial score (nSPS) is 20.5. The van der Waals surface area contributed by atoms with E-state index in [2.05, 4.69) is 15.3 Å². The highest BCUT2D eigenvalue weighted by Gasteiger charge is 2.37. The molecule has 3 aromatic rings. The van der Waals surface area contributed by atoms with Crippen LogP contribution in [0.15, 0.2) is 35.4 Å². The van der Waals surface area contributed by atoms with Crippen LogP contribution < -0.4 is 10.9 Å². The van der Waals surface area contributed by atoms with Crippen molar-refractivity contribution in [3.8, 4) is 0 Å². The van der Waals surface area contributed by atoms with Gasteiger partial charge in [0.1, 0.15) is 29.2 Å². The van der Waals surface area contributed by atoms with Gasteiger partial charge in [-0.05, 0) is 25.8 Å². The highest BCUT2D eigenvalue weighted by Crippen LogP contribution is 2.31. The van der Waals surface area contributed by atoms with E-state index < -0.39 is 35.3 Å². The number of aryl methyl sites for hydroxylation is 1. The Morgan fingerprint density at radius 2 is 1.86 bits per heavy atom. The molecule has 3 atom stereocenters. The summed E-state index contributed by atoms with van der Waals surface area (Å²) in [6.07, 6.45) is 0.00927. The molecule has 2 aliphatic rings. The molecule has 2 saturated heterocycles. The summed E-state index contributed by atoms with van der Waals surface area (Å²) < 4.78 is 48.1. The Balaban J connectivity index is 1.52. The monoisotopic (exact) mass is 487 g/mol. The lowest BCUT2D eigenvalue weighted by Crippen LogP contribution is -2.47. The first-order valence-electron chi connectivity index (χ1n) is 11.4. The smallest absolute Gasteiger partial charge is 0.266 e. The molecular weight excluding hydrogens is 463 g/mol. The number of halogens is 3. The van der Waals surface area contributed by atoms with E-state index in [4.69, 9.17) is 4.74 Å². The molecule has 0 aliphatic carbocycles. The number of benzene rings is 1. The quantitative estimate of drug-likeness (QED) is 0.592. The molecule has 0 saturated carbocycles. The van der Waals surface area contributed by atoms with Crippen LogP contribution in [0.4, 0.5) is 19.0 Å². The maximum atomic E-state index is 14.7. The van der Waals surface area contributed by atoms with Gasteiger partial charge >= 0.3 is 0 Å². The van der Waals surface area contributed by atoms with Crippen molar-refractivity contribution in [2.75, 3.05) is 18.4 Å². The van der Waals surface area contributed by atoms with E-state index >= 15 is 0 Å². The first-order valence-corrected chi connectivity index (χ1v) is 11.4. The molecule has 1 amide bonds. The molecule has 184 valence electrons. The average Bonchev–Trinajstić information content (AvgIpc) is 3.18. The zero-order valence-corrected chi connectivity index (χ0v) is 19.2. The fraction of sp³-hybridized carbons (Fsp3) is 0.417. The molecule has 2 bridgehead atoms. The third-order valence-corrected chi connectivity index (χ3v) is 6.68. The van der Waals surface area contributed by atoms with Crippen LogP contribution in [0, 0.1) is 5.82 Å². The van der Waals surface area contributed by atoms with Crippen LogP contribution in [0.1, 0.15) is 53.7 Å². The lowest BCUT2D eigenvalue weighted by Gasteiger charge is -2.32. The minimum atomic E-state index is -2.94. The number of alkyl halides is 2. The zero-order valence-electron chi connectivity index (χ0n) is 19.2. The third kappa shape index (κ3) is 4.13. The minimum Gasteiger partial charge on any atom is -0.371 e. The van der Waals surface area contributed by atoms with Crippen LogP contribution in [-0.2, 0) is 11.8 Å². The Morgan fingerprint density at radius 1 is 1.17 bits per heavy atom. The van der Waals surface area contributed by atoms with Gasteiger partial charge in [0.15, 0.2) is 0 Å². The van der Waals surface area contributed by atoms with Crippen molar-refractivity contribution in [2.24, 2.45) is 7.05 Å². The number of likely N-dealkylation sites (tertiary alicyclic amines) is 1. The van der Waals surface area contributed by atoms with Gasteiger partial charge in [0.25, 0.3) is 17.9 Å². The van der Waals surface area contributed by atoms with Gasteiger partial charge in [0.2, 0.25) is 0 Å². The van der Waals surface area contributed by atoms with Gasteiger partial charge in [-0.15, -0.1) is 0 Å². The molecule has 2 aromatic heterocycles. The predicted molar refractivity (Wildman–Crippen MR) is 122 cm³/mol. The number of ether oxygens (including phenoxy) is 1. The second-order valence-corrected chi connectivity index (χ2v) is 8.97. The highest BCUT2D eigenvalue weighted by molar-refractivity contribution is 5.99. The van der Waals surface area contributed by atoms with E-state index in [1.807, 2.05) is 0 Å². The Morgan fingerprint density at radius 3 is 2.54 bits per heavy atom. The fourth-order valence-electron chi connectivity index (χ4n) is 4.84. The summed E-state index contributed by atoms with van der Waals surface area (Å²) in [5.41, 5.74) is -0.884. The van der Waals surface area contributed by atoms with Crippen molar-refractivity contribution < 1.29 is 22.7 Å². The number of morpholine rings is 1. The summed E-state index contributed by atoms with van der Waals surface area (Å²) in [4.78, 5) is 36.4. The standard InChI is InChI=1S/C24H24F3N5O3/c1-12(15-4-3-5-16(19(15)25)20(26)27)30-21-17-8-18(23(33)31(2)22(17)29-11-28-21)24(34)32-9-13-6-7-14(10-32)35-13/h3-5,8,11-14,20H,6-7,9-10H2,1-2H3,(H,28,29,30)/t12-,13?,14?/m1/s1. The van der Waals surface area contributed by atoms with Crippen LogP contribution >= 0.6 is 0 Å². The summed E-state index contributed by atoms with van der Waals surface area (Å²) in [6.45, 7) is 2.45. The number of carbonyl (C=O) groups excluding carboxylic acids is 1. The molecule has 1 aromatic carbocycles. The first kappa shape index (κ1) is 23.3. The topological polar surface area (TPSA) is 89.4 Å². The van der Waals surface area contributed by atoms with Crippen LogP contribution in [0.25, 0.3) is 11.0 Å². The number of nitrogens with zero attached hydrogens (tertiary/aromatic N) is 4. The molecule has 5 rings (SSSR count). The van der Waals surface area contributed by atoms with Crippen molar-refractivity contribution >= 4 is 22.8 Å². The Kier molecular flexibility index (Phi) is 5.96. The number of carbonyl (C=O) groups is 1. The number of rotatable bonds is 5. The van der Waals surface area contributed by atoms with Crippen LogP contribution in [0.5, 0.6) is 0 Å². The predicted octanol–water partition coefficient (Wildman–Crippen LogP) is 3.58. The van der Waals surface area contributed by atoms with Crippen LogP contribution in [-0.4, -0.2) is 50.6 Å². The fourth-order valence-corrected chi connectivity index (χ4v) is 4.84. The number of hydrogen-bond donors (Lipinski definition) is 1. The Hall–Kier alpha value is -3.47. The number of pyridine rings is 1. The average molecular weight is 487 g/mol. The molecule has 8 nitrogen and oxygen atoms in total. The molecule has 2 aliphatic heterocycles. The van der Waals surface area contributed by atoms with E-state index in [1.165, 1.54) is 36.1 Å². The highest BCUT2D eigenvalue weighted by atomic mass is 19.3. The molecule has 11 heteroatoms. The lowest BCUT2D eigenvalue weighted by molar-refractivity contribution is -0.0304. The summed E-state index contributed by atoms with van der Waals surface area (Å²) in [7, 11) is 1.51. The molecule has 0 spiro atoms. The molecular formula is C24H24F3N5O3. The number of amides is 1. The molecule has 0 radical (unpaired) electrons. The Bertz CT molecular complexity index is 1350. The van der Waals surface area contributed by atoms with Crippen molar-refractivity contribution in [1.29, 1.82) is 0 Å². The van der Waals surface area contributed by atoms with E-state index in [-0.39, 0.29) is 34.8 Å². The number of anilines is 1. The summed E-state index contributed by atoms with van der Waals surface area (Å²) in [6, 6.07) is 4.53. The Labute approximate surface area is 198 Å². The molecule has 35 heavy (non-hydrogen) atoms. The minimum absolute atomic E-state index is 0.0256. The molecule has 4 heterocycles. The third-order valence-electron chi connectivity index (χ3n) is 6.68. The van der Waals surface area contributed by atoms with Crippen molar-refractivity contribution in [2.45, 2.75) is 44.4 Å². The number of aromatic nitrogens is 3. The van der Waals surface area contributed by atoms with Crippen molar-refractivity contribution in [3.05, 3.63) is 63.5 Å². The maximum absolute atomic E-state index is 14.7. The number of hydrogen-bond acceptors (Lipinski definition) is 6. The van der Waals surface area contributed by atoms with Crippen molar-refractivity contribution in [1.82, 2.24) is 19.4 Å². The van der Waals surface area contributed by atoms with Crippen LogP contribution in [0.3, 0.4) is 0 Å². The van der Waals surface area contributed by atoms with E-state index in [1.54, 1.807) is 11.8 Å². The second kappa shape index (κ2) is 8.95. The summed E-state index contributed by atoms with van der Waals surface area (Å²) >= 11 is 0. The van der Waals surface area contributed by atoms with Gasteiger partial charge < -0.3 is 15.0 Å². The zero-order chi connectivity index (χ0) is 24.9.